The van der Waals surface area contributed by atoms with Crippen LogP contribution in [0.2, 0.25) is 0 Å². The average molecular weight is 310 g/mol. The summed E-state index contributed by atoms with van der Waals surface area (Å²) >= 11 is 3.55. The van der Waals surface area contributed by atoms with E-state index in [1.54, 1.807) is 0 Å². The minimum Gasteiger partial charge on any atom is -0.394 e. The molecule has 0 heterocycles. The van der Waals surface area contributed by atoms with Gasteiger partial charge in [0, 0.05) is 22.1 Å². The quantitative estimate of drug-likeness (QED) is 0.806. The molecule has 0 amide bonds. The molecule has 2 aromatic rings. The molecule has 0 unspecified atom stereocenters. The van der Waals surface area contributed by atoms with Crippen LogP contribution in [0, 0.1) is 0 Å². The van der Waals surface area contributed by atoms with Crippen LogP contribution in [0.1, 0.15) is 0 Å². The maximum Gasteiger partial charge on any atom is 0.0698 e. The van der Waals surface area contributed by atoms with Crippen molar-refractivity contribution in [2.24, 2.45) is 0 Å². The third-order valence-corrected chi connectivity index (χ3v) is 3.36. The number of rotatable bonds is 6. The third-order valence-electron chi connectivity index (χ3n) is 2.67. The topological polar surface area (TPSA) is 41.5 Å². The molecule has 2 N–H and O–H groups in total. The number of hydrogen-bond donors (Lipinski definition) is 2. The molecule has 0 fully saturated rings. The molecule has 0 radical (unpaired) electrons. The van der Waals surface area contributed by atoms with Gasteiger partial charge in [-0.25, -0.2) is 0 Å². The second kappa shape index (κ2) is 6.73. The molecule has 18 heavy (non-hydrogen) atoms. The van der Waals surface area contributed by atoms with E-state index in [0.717, 1.165) is 16.7 Å². The molecule has 0 saturated carbocycles. The lowest BCUT2D eigenvalue weighted by Gasteiger charge is -2.11. The number of halogens is 1. The molecule has 0 aromatic heterocycles. The fraction of sp³-hybridized carbons (Fsp3) is 0.286. The van der Waals surface area contributed by atoms with Crippen molar-refractivity contribution in [3.8, 4) is 0 Å². The van der Waals surface area contributed by atoms with Gasteiger partial charge in [0.2, 0.25) is 0 Å². The van der Waals surface area contributed by atoms with Gasteiger partial charge in [-0.1, -0.05) is 40.2 Å². The molecule has 3 nitrogen and oxygen atoms in total. The van der Waals surface area contributed by atoms with Crippen molar-refractivity contribution in [1.82, 2.24) is 0 Å². The highest BCUT2D eigenvalue weighted by atomic mass is 79.9. The summed E-state index contributed by atoms with van der Waals surface area (Å²) in [6, 6.07) is 12.3. The zero-order chi connectivity index (χ0) is 12.8. The summed E-state index contributed by atoms with van der Waals surface area (Å²) in [4.78, 5) is 0. The lowest BCUT2D eigenvalue weighted by Crippen LogP contribution is -2.11. The van der Waals surface area contributed by atoms with Crippen molar-refractivity contribution in [1.29, 1.82) is 0 Å². The fourth-order valence-corrected chi connectivity index (χ4v) is 2.32. The van der Waals surface area contributed by atoms with Gasteiger partial charge < -0.3 is 15.2 Å². The number of nitrogens with one attached hydrogen (secondary N) is 1. The van der Waals surface area contributed by atoms with Crippen LogP contribution in [0.3, 0.4) is 0 Å². The van der Waals surface area contributed by atoms with Crippen LogP contribution >= 0.6 is 15.9 Å². The van der Waals surface area contributed by atoms with Crippen molar-refractivity contribution in [2.45, 2.75) is 0 Å². The number of aliphatic hydroxyl groups excluding tert-OH is 1. The summed E-state index contributed by atoms with van der Waals surface area (Å²) in [5.41, 5.74) is 1.10. The first-order chi connectivity index (χ1) is 8.83. The van der Waals surface area contributed by atoms with Gasteiger partial charge in [-0.3, -0.25) is 0 Å². The minimum absolute atomic E-state index is 0.0706. The van der Waals surface area contributed by atoms with E-state index >= 15 is 0 Å². The summed E-state index contributed by atoms with van der Waals surface area (Å²) < 4.78 is 6.32. The molecule has 2 aromatic carbocycles. The van der Waals surface area contributed by atoms with Gasteiger partial charge in [-0.15, -0.1) is 0 Å². The van der Waals surface area contributed by atoms with E-state index in [1.165, 1.54) is 10.8 Å². The molecule has 0 spiro atoms. The molecule has 0 saturated heterocycles. The standard InChI is InChI=1S/C14H16BrNO2/c15-13-5-6-14(16-7-9-18-10-8-17)12-4-2-1-3-11(12)13/h1-6,16-17H,7-10H2. The zero-order valence-corrected chi connectivity index (χ0v) is 11.6. The van der Waals surface area contributed by atoms with Crippen molar-refractivity contribution >= 4 is 32.4 Å². The molecular formula is C14H16BrNO2. The van der Waals surface area contributed by atoms with Crippen LogP contribution in [0.15, 0.2) is 40.9 Å². The molecule has 0 aliphatic heterocycles. The first-order valence-corrected chi connectivity index (χ1v) is 6.72. The van der Waals surface area contributed by atoms with Gasteiger partial charge in [0.1, 0.15) is 0 Å². The maximum absolute atomic E-state index is 8.60. The average Bonchev–Trinajstić information content (AvgIpc) is 2.41. The summed E-state index contributed by atoms with van der Waals surface area (Å²) in [6.45, 7) is 1.78. The number of ether oxygens (including phenoxy) is 1. The second-order valence-electron chi connectivity index (χ2n) is 3.90. The Balaban J connectivity index is 2.07. The highest BCUT2D eigenvalue weighted by Crippen LogP contribution is 2.29. The Kier molecular flexibility index (Phi) is 4.99. The summed E-state index contributed by atoms with van der Waals surface area (Å²) in [5, 5.41) is 14.3. The van der Waals surface area contributed by atoms with Crippen molar-refractivity contribution in [2.75, 3.05) is 31.7 Å². The monoisotopic (exact) mass is 309 g/mol. The van der Waals surface area contributed by atoms with E-state index in [4.69, 9.17) is 9.84 Å². The molecule has 0 atom stereocenters. The first kappa shape index (κ1) is 13.3. The second-order valence-corrected chi connectivity index (χ2v) is 4.76. The Labute approximate surface area is 115 Å². The normalized spacial score (nSPS) is 10.8. The molecule has 2 rings (SSSR count). The number of aliphatic hydroxyl groups is 1. The highest BCUT2D eigenvalue weighted by molar-refractivity contribution is 9.10. The van der Waals surface area contributed by atoms with Gasteiger partial charge in [0.25, 0.3) is 0 Å². The lowest BCUT2D eigenvalue weighted by molar-refractivity contribution is 0.0992. The molecule has 0 aliphatic rings. The maximum atomic E-state index is 8.60. The van der Waals surface area contributed by atoms with E-state index in [2.05, 4.69) is 39.4 Å². The van der Waals surface area contributed by atoms with Crippen LogP contribution in [0.4, 0.5) is 5.69 Å². The predicted molar refractivity (Wildman–Crippen MR) is 78.0 cm³/mol. The molecule has 0 bridgehead atoms. The van der Waals surface area contributed by atoms with Crippen molar-refractivity contribution in [3.63, 3.8) is 0 Å². The highest BCUT2D eigenvalue weighted by Gasteiger charge is 2.02. The number of fused-ring (bicyclic) bond motifs is 1. The molecule has 4 heteroatoms. The van der Waals surface area contributed by atoms with E-state index in [0.29, 0.717) is 13.2 Å². The van der Waals surface area contributed by atoms with Gasteiger partial charge >= 0.3 is 0 Å². The van der Waals surface area contributed by atoms with E-state index < -0.39 is 0 Å². The summed E-state index contributed by atoms with van der Waals surface area (Å²) in [6.07, 6.45) is 0. The third kappa shape index (κ3) is 3.22. The lowest BCUT2D eigenvalue weighted by atomic mass is 10.1. The summed E-state index contributed by atoms with van der Waals surface area (Å²) in [7, 11) is 0. The summed E-state index contributed by atoms with van der Waals surface area (Å²) in [5.74, 6) is 0. The number of anilines is 1. The van der Waals surface area contributed by atoms with E-state index in [9.17, 15) is 0 Å². The number of benzene rings is 2. The van der Waals surface area contributed by atoms with Crippen LogP contribution in [0.25, 0.3) is 10.8 Å². The minimum atomic E-state index is 0.0706. The van der Waals surface area contributed by atoms with Gasteiger partial charge in [0.05, 0.1) is 19.8 Å². The largest absolute Gasteiger partial charge is 0.394 e. The van der Waals surface area contributed by atoms with Crippen molar-refractivity contribution in [3.05, 3.63) is 40.9 Å². The SMILES string of the molecule is OCCOCCNc1ccc(Br)c2ccccc12. The van der Waals surface area contributed by atoms with E-state index in [1.807, 2.05) is 18.2 Å². The Bertz CT molecular complexity index is 516. The van der Waals surface area contributed by atoms with Crippen LogP contribution in [0.5, 0.6) is 0 Å². The smallest absolute Gasteiger partial charge is 0.0698 e. The van der Waals surface area contributed by atoms with Gasteiger partial charge in [-0.05, 0) is 17.5 Å². The van der Waals surface area contributed by atoms with Crippen LogP contribution in [-0.2, 0) is 4.74 Å². The zero-order valence-electron chi connectivity index (χ0n) is 10.0. The first-order valence-electron chi connectivity index (χ1n) is 5.92. The van der Waals surface area contributed by atoms with Gasteiger partial charge in [-0.2, -0.15) is 0 Å². The van der Waals surface area contributed by atoms with E-state index in [-0.39, 0.29) is 6.61 Å². The van der Waals surface area contributed by atoms with Crippen LogP contribution in [-0.4, -0.2) is 31.5 Å². The fourth-order valence-electron chi connectivity index (χ4n) is 1.84. The van der Waals surface area contributed by atoms with Crippen LogP contribution < -0.4 is 5.32 Å². The Morgan fingerprint density at radius 2 is 1.83 bits per heavy atom. The Morgan fingerprint density at radius 1 is 1.06 bits per heavy atom. The Hall–Kier alpha value is -1.10. The predicted octanol–water partition coefficient (Wildman–Crippen LogP) is 3.02. The van der Waals surface area contributed by atoms with Crippen molar-refractivity contribution < 1.29 is 9.84 Å². The number of hydrogen-bond acceptors (Lipinski definition) is 3. The Morgan fingerprint density at radius 3 is 2.61 bits per heavy atom. The molecule has 96 valence electrons. The molecule has 0 aliphatic carbocycles. The molecular weight excluding hydrogens is 294 g/mol. The van der Waals surface area contributed by atoms with Gasteiger partial charge in [0.15, 0.2) is 0 Å².